The topological polar surface area (TPSA) is 114 Å². The zero-order chi connectivity index (χ0) is 19.4. The number of methoxy groups -OCH3 is 1. The van der Waals surface area contributed by atoms with E-state index in [9.17, 15) is 15.0 Å². The van der Waals surface area contributed by atoms with Crippen LogP contribution >= 0.6 is 0 Å². The summed E-state index contributed by atoms with van der Waals surface area (Å²) in [4.78, 5) is 22.5. The van der Waals surface area contributed by atoms with Crippen LogP contribution in [-0.2, 0) is 4.74 Å². The Balaban J connectivity index is 2.17. The SMILES string of the molecule is CCOc1c(C(=O)O)nc(-c2ccc(O)c(OC)c2)nc1N1CCOCC1. The molecule has 9 heteroatoms. The zero-order valence-electron chi connectivity index (χ0n) is 15.1. The summed E-state index contributed by atoms with van der Waals surface area (Å²) in [5.74, 6) is -0.234. The van der Waals surface area contributed by atoms with E-state index in [1.165, 1.54) is 13.2 Å². The monoisotopic (exact) mass is 375 g/mol. The lowest BCUT2D eigenvalue weighted by atomic mass is 10.1. The number of ether oxygens (including phenoxy) is 3. The quantitative estimate of drug-likeness (QED) is 0.780. The van der Waals surface area contributed by atoms with E-state index in [1.54, 1.807) is 19.1 Å². The largest absolute Gasteiger partial charge is 0.504 e. The van der Waals surface area contributed by atoms with Crippen LogP contribution < -0.4 is 14.4 Å². The first kappa shape index (κ1) is 18.7. The lowest BCUT2D eigenvalue weighted by molar-refractivity contribution is 0.0685. The number of nitrogens with zero attached hydrogens (tertiary/aromatic N) is 3. The Labute approximate surface area is 156 Å². The second-order valence-corrected chi connectivity index (χ2v) is 5.77. The average molecular weight is 375 g/mol. The Hall–Kier alpha value is -3.07. The normalized spacial score (nSPS) is 14.1. The first-order valence-corrected chi connectivity index (χ1v) is 8.53. The molecule has 27 heavy (non-hydrogen) atoms. The number of carboxylic acid groups (broad SMARTS) is 1. The molecule has 1 saturated heterocycles. The zero-order valence-corrected chi connectivity index (χ0v) is 15.1. The highest BCUT2D eigenvalue weighted by Crippen LogP contribution is 2.35. The van der Waals surface area contributed by atoms with Gasteiger partial charge in [0.2, 0.25) is 0 Å². The molecule has 1 fully saturated rings. The molecule has 0 bridgehead atoms. The molecule has 1 aromatic heterocycles. The van der Waals surface area contributed by atoms with E-state index in [4.69, 9.17) is 14.2 Å². The molecule has 3 rings (SSSR count). The Kier molecular flexibility index (Phi) is 5.60. The number of hydrogen-bond donors (Lipinski definition) is 2. The molecule has 0 aliphatic carbocycles. The van der Waals surface area contributed by atoms with E-state index in [2.05, 4.69) is 9.97 Å². The van der Waals surface area contributed by atoms with Crippen molar-refractivity contribution in [1.82, 2.24) is 9.97 Å². The van der Waals surface area contributed by atoms with E-state index in [1.807, 2.05) is 4.90 Å². The van der Waals surface area contributed by atoms with Crippen molar-refractivity contribution in [3.05, 3.63) is 23.9 Å². The molecule has 0 radical (unpaired) electrons. The highest BCUT2D eigenvalue weighted by molar-refractivity contribution is 5.91. The third-order valence-corrected chi connectivity index (χ3v) is 4.09. The molecule has 0 spiro atoms. The number of carbonyl (C=O) groups is 1. The van der Waals surface area contributed by atoms with Gasteiger partial charge in [0, 0.05) is 18.7 Å². The molecule has 0 unspecified atom stereocenters. The number of rotatable bonds is 6. The summed E-state index contributed by atoms with van der Waals surface area (Å²) in [7, 11) is 1.43. The molecule has 1 aliphatic heterocycles. The maximum Gasteiger partial charge on any atom is 0.358 e. The summed E-state index contributed by atoms with van der Waals surface area (Å²) in [6, 6.07) is 4.60. The van der Waals surface area contributed by atoms with Crippen LogP contribution in [0.2, 0.25) is 0 Å². The standard InChI is InChI=1S/C18H21N3O6/c1-3-27-15-14(18(23)24)19-16(11-4-5-12(22)13(10-11)25-2)20-17(15)21-6-8-26-9-7-21/h4-5,10,22H,3,6-9H2,1-2H3,(H,23,24). The van der Waals surface area contributed by atoms with Gasteiger partial charge in [-0.15, -0.1) is 0 Å². The van der Waals surface area contributed by atoms with Crippen molar-refractivity contribution < 1.29 is 29.2 Å². The van der Waals surface area contributed by atoms with Crippen molar-refractivity contribution in [2.75, 3.05) is 44.9 Å². The van der Waals surface area contributed by atoms with Gasteiger partial charge in [-0.25, -0.2) is 14.8 Å². The van der Waals surface area contributed by atoms with Crippen LogP contribution in [0.1, 0.15) is 17.4 Å². The second kappa shape index (κ2) is 8.09. The van der Waals surface area contributed by atoms with Crippen molar-refractivity contribution in [2.24, 2.45) is 0 Å². The molecule has 2 aromatic rings. The first-order chi connectivity index (χ1) is 13.0. The summed E-state index contributed by atoms with van der Waals surface area (Å²) >= 11 is 0. The number of aromatic carboxylic acids is 1. The minimum absolute atomic E-state index is 0.0287. The van der Waals surface area contributed by atoms with Crippen molar-refractivity contribution in [2.45, 2.75) is 6.92 Å². The summed E-state index contributed by atoms with van der Waals surface area (Å²) in [6.07, 6.45) is 0. The fourth-order valence-corrected chi connectivity index (χ4v) is 2.80. The maximum absolute atomic E-state index is 11.8. The lowest BCUT2D eigenvalue weighted by Gasteiger charge is -2.29. The molecule has 2 heterocycles. The minimum Gasteiger partial charge on any atom is -0.504 e. The smallest absolute Gasteiger partial charge is 0.358 e. The van der Waals surface area contributed by atoms with E-state index >= 15 is 0 Å². The molecule has 144 valence electrons. The van der Waals surface area contributed by atoms with Gasteiger partial charge >= 0.3 is 5.97 Å². The maximum atomic E-state index is 11.8. The van der Waals surface area contributed by atoms with Crippen LogP contribution in [0.15, 0.2) is 18.2 Å². The van der Waals surface area contributed by atoms with Gasteiger partial charge in [-0.05, 0) is 25.1 Å². The summed E-state index contributed by atoms with van der Waals surface area (Å²) in [6.45, 7) is 4.21. The Bertz CT molecular complexity index is 836. The number of carboxylic acids is 1. The van der Waals surface area contributed by atoms with Crippen LogP contribution in [0, 0.1) is 0 Å². The van der Waals surface area contributed by atoms with E-state index in [-0.39, 0.29) is 35.4 Å². The third kappa shape index (κ3) is 3.87. The highest BCUT2D eigenvalue weighted by atomic mass is 16.5. The third-order valence-electron chi connectivity index (χ3n) is 4.09. The van der Waals surface area contributed by atoms with Gasteiger partial charge in [-0.2, -0.15) is 0 Å². The number of hydrogen-bond acceptors (Lipinski definition) is 8. The van der Waals surface area contributed by atoms with E-state index in [0.717, 1.165) is 0 Å². The number of aromatic nitrogens is 2. The molecule has 1 aliphatic rings. The number of phenols is 1. The molecule has 0 saturated carbocycles. The second-order valence-electron chi connectivity index (χ2n) is 5.77. The number of aromatic hydroxyl groups is 1. The van der Waals surface area contributed by atoms with Gasteiger partial charge in [0.1, 0.15) is 0 Å². The first-order valence-electron chi connectivity index (χ1n) is 8.53. The van der Waals surface area contributed by atoms with Crippen molar-refractivity contribution in [3.8, 4) is 28.6 Å². The molecule has 1 aromatic carbocycles. The van der Waals surface area contributed by atoms with E-state index < -0.39 is 5.97 Å². The Morgan fingerprint density at radius 1 is 1.30 bits per heavy atom. The number of anilines is 1. The molecular weight excluding hydrogens is 354 g/mol. The predicted octanol–water partition coefficient (Wildman–Crippen LogP) is 1.79. The molecular formula is C18H21N3O6. The van der Waals surface area contributed by atoms with Crippen LogP contribution in [0.4, 0.5) is 5.82 Å². The fourth-order valence-electron chi connectivity index (χ4n) is 2.80. The van der Waals surface area contributed by atoms with Crippen LogP contribution in [0.25, 0.3) is 11.4 Å². The fraction of sp³-hybridized carbons (Fsp3) is 0.389. The van der Waals surface area contributed by atoms with E-state index in [0.29, 0.717) is 37.7 Å². The van der Waals surface area contributed by atoms with Gasteiger partial charge in [-0.3, -0.25) is 0 Å². The number of morpholine rings is 1. The average Bonchev–Trinajstić information content (AvgIpc) is 2.69. The van der Waals surface area contributed by atoms with Crippen LogP contribution in [0.3, 0.4) is 0 Å². The summed E-state index contributed by atoms with van der Waals surface area (Å²) in [5.41, 5.74) is 0.306. The molecule has 0 amide bonds. The summed E-state index contributed by atoms with van der Waals surface area (Å²) in [5, 5.41) is 19.4. The van der Waals surface area contributed by atoms with Gasteiger partial charge in [0.05, 0.1) is 26.9 Å². The van der Waals surface area contributed by atoms with Gasteiger partial charge in [-0.1, -0.05) is 0 Å². The highest BCUT2D eigenvalue weighted by Gasteiger charge is 2.26. The van der Waals surface area contributed by atoms with Crippen molar-refractivity contribution in [1.29, 1.82) is 0 Å². The molecule has 0 atom stereocenters. The lowest BCUT2D eigenvalue weighted by Crippen LogP contribution is -2.37. The van der Waals surface area contributed by atoms with Crippen molar-refractivity contribution in [3.63, 3.8) is 0 Å². The summed E-state index contributed by atoms with van der Waals surface area (Å²) < 4.78 is 16.1. The van der Waals surface area contributed by atoms with Crippen LogP contribution in [-0.4, -0.2) is 66.2 Å². The van der Waals surface area contributed by atoms with Gasteiger partial charge < -0.3 is 29.3 Å². The Morgan fingerprint density at radius 3 is 2.67 bits per heavy atom. The van der Waals surface area contributed by atoms with Crippen molar-refractivity contribution >= 4 is 11.8 Å². The Morgan fingerprint density at radius 2 is 2.04 bits per heavy atom. The molecule has 2 N–H and O–H groups in total. The number of benzene rings is 1. The predicted molar refractivity (Wildman–Crippen MR) is 96.8 cm³/mol. The van der Waals surface area contributed by atoms with Gasteiger partial charge in [0.15, 0.2) is 34.6 Å². The van der Waals surface area contributed by atoms with Gasteiger partial charge in [0.25, 0.3) is 0 Å². The minimum atomic E-state index is -1.21. The number of phenolic OH excluding ortho intramolecular Hbond substituents is 1. The molecule has 9 nitrogen and oxygen atoms in total. The van der Waals surface area contributed by atoms with Crippen LogP contribution in [0.5, 0.6) is 17.2 Å².